The lowest BCUT2D eigenvalue weighted by Crippen LogP contribution is -2.41. The molecule has 2 atom stereocenters. The van der Waals surface area contributed by atoms with Gasteiger partial charge in [-0.05, 0) is 25.0 Å². The molecule has 4 nitrogen and oxygen atoms in total. The highest BCUT2D eigenvalue weighted by molar-refractivity contribution is 7.91. The first-order chi connectivity index (χ1) is 9.48. The average Bonchev–Trinajstić information content (AvgIpc) is 2.85. The summed E-state index contributed by atoms with van der Waals surface area (Å²) in [4.78, 5) is 0. The fourth-order valence-electron chi connectivity index (χ4n) is 2.64. The van der Waals surface area contributed by atoms with Crippen molar-refractivity contribution in [3.8, 4) is 5.75 Å². The van der Waals surface area contributed by atoms with Crippen LogP contribution in [0, 0.1) is 0 Å². The molecule has 2 rings (SSSR count). The second-order valence-electron chi connectivity index (χ2n) is 5.14. The van der Waals surface area contributed by atoms with Crippen molar-refractivity contribution in [2.45, 2.75) is 30.6 Å². The van der Waals surface area contributed by atoms with Crippen LogP contribution in [0.2, 0.25) is 5.02 Å². The van der Waals surface area contributed by atoms with Crippen LogP contribution in [-0.2, 0) is 9.84 Å². The molecule has 0 amide bonds. The van der Waals surface area contributed by atoms with Crippen molar-refractivity contribution < 1.29 is 13.2 Å². The Morgan fingerprint density at radius 1 is 1.35 bits per heavy atom. The minimum absolute atomic E-state index is 0.0415. The third kappa shape index (κ3) is 4.11. The smallest absolute Gasteiger partial charge is 0.151 e. The average molecular weight is 318 g/mol. The third-order valence-electron chi connectivity index (χ3n) is 3.61. The maximum absolute atomic E-state index is 11.7. The van der Waals surface area contributed by atoms with Crippen molar-refractivity contribution in [2.75, 3.05) is 19.4 Å². The molecule has 0 heterocycles. The molecular weight excluding hydrogens is 298 g/mol. The quantitative estimate of drug-likeness (QED) is 0.818. The van der Waals surface area contributed by atoms with Gasteiger partial charge in [-0.2, -0.15) is 0 Å². The largest absolute Gasteiger partial charge is 0.491 e. The Hall–Kier alpha value is -0.780. The summed E-state index contributed by atoms with van der Waals surface area (Å²) in [5, 5.41) is 3.60. The highest BCUT2D eigenvalue weighted by Gasteiger charge is 2.34. The highest BCUT2D eigenvalue weighted by Crippen LogP contribution is 2.25. The molecule has 1 aliphatic rings. The van der Waals surface area contributed by atoms with Crippen LogP contribution in [0.4, 0.5) is 0 Å². The fourth-order valence-corrected chi connectivity index (χ4v) is 4.25. The van der Waals surface area contributed by atoms with Gasteiger partial charge < -0.3 is 10.1 Å². The lowest BCUT2D eigenvalue weighted by molar-refractivity contribution is 0.305. The molecule has 20 heavy (non-hydrogen) atoms. The van der Waals surface area contributed by atoms with Crippen LogP contribution in [0.25, 0.3) is 0 Å². The van der Waals surface area contributed by atoms with Gasteiger partial charge in [0, 0.05) is 18.8 Å². The number of para-hydroxylation sites is 1. The molecule has 1 aromatic carbocycles. The van der Waals surface area contributed by atoms with Crippen molar-refractivity contribution >= 4 is 21.4 Å². The van der Waals surface area contributed by atoms with Crippen LogP contribution in [0.1, 0.15) is 19.3 Å². The van der Waals surface area contributed by atoms with Gasteiger partial charge in [-0.3, -0.25) is 0 Å². The number of halogens is 1. The van der Waals surface area contributed by atoms with E-state index in [9.17, 15) is 8.42 Å². The molecule has 0 aromatic heterocycles. The molecule has 1 aliphatic carbocycles. The van der Waals surface area contributed by atoms with Gasteiger partial charge in [-0.1, -0.05) is 30.2 Å². The Bertz CT molecular complexity index is 547. The molecule has 112 valence electrons. The Morgan fingerprint density at radius 3 is 2.80 bits per heavy atom. The number of benzene rings is 1. The number of sulfone groups is 1. The van der Waals surface area contributed by atoms with E-state index in [0.29, 0.717) is 23.9 Å². The van der Waals surface area contributed by atoms with Crippen LogP contribution in [0.3, 0.4) is 0 Å². The molecule has 0 bridgehead atoms. The zero-order chi connectivity index (χ0) is 14.6. The van der Waals surface area contributed by atoms with Crippen molar-refractivity contribution in [2.24, 2.45) is 0 Å². The normalized spacial score (nSPS) is 22.9. The SMILES string of the molecule is CS(=O)(=O)[C@H]1CCC[C@@H]1NCCOc1ccccc1Cl. The molecular formula is C14H20ClNO3S. The van der Waals surface area contributed by atoms with Crippen molar-refractivity contribution in [1.29, 1.82) is 0 Å². The molecule has 0 aliphatic heterocycles. The number of nitrogens with one attached hydrogen (secondary N) is 1. The van der Waals surface area contributed by atoms with Gasteiger partial charge in [-0.15, -0.1) is 0 Å². The van der Waals surface area contributed by atoms with E-state index in [4.69, 9.17) is 16.3 Å². The Balaban J connectivity index is 1.78. The van der Waals surface area contributed by atoms with Gasteiger partial charge in [0.15, 0.2) is 9.84 Å². The molecule has 1 N–H and O–H groups in total. The number of hydrogen-bond acceptors (Lipinski definition) is 4. The van der Waals surface area contributed by atoms with Crippen LogP contribution in [0.15, 0.2) is 24.3 Å². The summed E-state index contributed by atoms with van der Waals surface area (Å²) in [6.45, 7) is 1.08. The molecule has 0 spiro atoms. The summed E-state index contributed by atoms with van der Waals surface area (Å²) >= 11 is 5.99. The van der Waals surface area contributed by atoms with E-state index in [-0.39, 0.29) is 11.3 Å². The van der Waals surface area contributed by atoms with Gasteiger partial charge in [0.25, 0.3) is 0 Å². The van der Waals surface area contributed by atoms with Gasteiger partial charge in [-0.25, -0.2) is 8.42 Å². The fraction of sp³-hybridized carbons (Fsp3) is 0.571. The summed E-state index contributed by atoms with van der Waals surface area (Å²) < 4.78 is 28.9. The van der Waals surface area contributed by atoms with Gasteiger partial charge in [0.05, 0.1) is 10.3 Å². The van der Waals surface area contributed by atoms with Gasteiger partial charge >= 0.3 is 0 Å². The second-order valence-corrected chi connectivity index (χ2v) is 7.81. The maximum Gasteiger partial charge on any atom is 0.151 e. The summed E-state index contributed by atoms with van der Waals surface area (Å²) in [7, 11) is -2.97. The lowest BCUT2D eigenvalue weighted by atomic mass is 10.2. The zero-order valence-corrected chi connectivity index (χ0v) is 13.1. The van der Waals surface area contributed by atoms with Gasteiger partial charge in [0.1, 0.15) is 12.4 Å². The van der Waals surface area contributed by atoms with Crippen molar-refractivity contribution in [3.05, 3.63) is 29.3 Å². The predicted molar refractivity (Wildman–Crippen MR) is 81.2 cm³/mol. The van der Waals surface area contributed by atoms with Crippen LogP contribution in [-0.4, -0.2) is 39.1 Å². The minimum atomic E-state index is -2.97. The standard InChI is InChI=1S/C14H20ClNO3S/c1-20(17,18)14-8-4-6-12(14)16-9-10-19-13-7-3-2-5-11(13)15/h2-3,5,7,12,14,16H,4,6,8-10H2,1H3/t12-,14-/m0/s1. The predicted octanol–water partition coefficient (Wildman–Crippen LogP) is 2.27. The third-order valence-corrected chi connectivity index (χ3v) is 5.58. The van der Waals surface area contributed by atoms with Crippen LogP contribution in [0.5, 0.6) is 5.75 Å². The first-order valence-corrected chi connectivity index (χ1v) is 9.11. The topological polar surface area (TPSA) is 55.4 Å². The van der Waals surface area contributed by atoms with E-state index < -0.39 is 9.84 Å². The van der Waals surface area contributed by atoms with Crippen molar-refractivity contribution in [3.63, 3.8) is 0 Å². The summed E-state index contributed by atoms with van der Waals surface area (Å²) in [6, 6.07) is 7.35. The summed E-state index contributed by atoms with van der Waals surface area (Å²) in [6.07, 6.45) is 3.93. The van der Waals surface area contributed by atoms with E-state index in [1.54, 1.807) is 6.07 Å². The van der Waals surface area contributed by atoms with E-state index in [2.05, 4.69) is 5.32 Å². The first kappa shape index (κ1) is 15.6. The zero-order valence-electron chi connectivity index (χ0n) is 11.5. The first-order valence-electron chi connectivity index (χ1n) is 6.78. The second kappa shape index (κ2) is 6.78. The van der Waals surface area contributed by atoms with E-state index in [1.807, 2.05) is 18.2 Å². The lowest BCUT2D eigenvalue weighted by Gasteiger charge is -2.19. The van der Waals surface area contributed by atoms with Crippen LogP contribution < -0.4 is 10.1 Å². The number of ether oxygens (including phenoxy) is 1. The van der Waals surface area contributed by atoms with Crippen molar-refractivity contribution in [1.82, 2.24) is 5.32 Å². The Labute approximate surface area is 125 Å². The Kier molecular flexibility index (Phi) is 5.29. The summed E-state index contributed by atoms with van der Waals surface area (Å²) in [5.41, 5.74) is 0. The number of hydrogen-bond donors (Lipinski definition) is 1. The number of rotatable bonds is 6. The summed E-state index contributed by atoms with van der Waals surface area (Å²) in [5.74, 6) is 0.655. The Morgan fingerprint density at radius 2 is 2.10 bits per heavy atom. The maximum atomic E-state index is 11.7. The highest BCUT2D eigenvalue weighted by atomic mass is 35.5. The molecule has 0 saturated heterocycles. The van der Waals surface area contributed by atoms with E-state index in [1.165, 1.54) is 6.26 Å². The van der Waals surface area contributed by atoms with E-state index in [0.717, 1.165) is 19.3 Å². The molecule has 1 aromatic rings. The monoisotopic (exact) mass is 317 g/mol. The molecule has 1 fully saturated rings. The molecule has 0 unspecified atom stereocenters. The van der Waals surface area contributed by atoms with E-state index >= 15 is 0 Å². The molecule has 6 heteroatoms. The molecule has 1 saturated carbocycles. The minimum Gasteiger partial charge on any atom is -0.491 e. The van der Waals surface area contributed by atoms with Gasteiger partial charge in [0.2, 0.25) is 0 Å². The molecule has 0 radical (unpaired) electrons. The van der Waals surface area contributed by atoms with Crippen LogP contribution >= 0.6 is 11.6 Å².